The maximum absolute atomic E-state index is 13.7. The maximum Gasteiger partial charge on any atom is 0.208 e. The average molecular weight is 273 g/mol. The third-order valence-corrected chi connectivity index (χ3v) is 3.29. The van der Waals surface area contributed by atoms with Crippen LogP contribution in [-0.4, -0.2) is 9.55 Å². The van der Waals surface area contributed by atoms with Gasteiger partial charge in [0.15, 0.2) is 0 Å². The largest absolute Gasteiger partial charge is 0.323 e. The first-order valence-corrected chi connectivity index (χ1v) is 6.20. The fourth-order valence-electron chi connectivity index (χ4n) is 2.18. The molecule has 0 saturated heterocycles. The molecule has 0 radical (unpaired) electrons. The number of aromatic nitrogens is 2. The summed E-state index contributed by atoms with van der Waals surface area (Å²) in [5.74, 6) is -0.734. The van der Waals surface area contributed by atoms with Gasteiger partial charge in [0.05, 0.1) is 16.7 Å². The molecule has 0 aliphatic rings. The van der Waals surface area contributed by atoms with Gasteiger partial charge in [0.25, 0.3) is 0 Å². The molecular weight excluding hydrogens is 260 g/mol. The van der Waals surface area contributed by atoms with E-state index in [1.165, 1.54) is 12.1 Å². The van der Waals surface area contributed by atoms with E-state index in [-0.39, 0.29) is 5.69 Å². The summed E-state index contributed by atoms with van der Waals surface area (Å²) in [6.45, 7) is 1.97. The number of halogens is 2. The Kier molecular flexibility index (Phi) is 2.89. The minimum atomic E-state index is -0.645. The highest BCUT2D eigenvalue weighted by molar-refractivity contribution is 5.82. The Morgan fingerprint density at radius 3 is 2.65 bits per heavy atom. The summed E-state index contributed by atoms with van der Waals surface area (Å²) in [4.78, 5) is 4.46. The first kappa shape index (κ1) is 12.6. The highest BCUT2D eigenvalue weighted by Crippen LogP contribution is 2.25. The maximum atomic E-state index is 13.7. The Labute approximate surface area is 114 Å². The molecule has 20 heavy (non-hydrogen) atoms. The molecule has 2 aromatic carbocycles. The van der Waals surface area contributed by atoms with Crippen LogP contribution in [0.4, 0.5) is 20.4 Å². The molecule has 102 valence electrons. The number of nitrogens with zero attached hydrogens (tertiary/aromatic N) is 2. The zero-order chi connectivity index (χ0) is 14.3. The van der Waals surface area contributed by atoms with E-state index < -0.39 is 11.6 Å². The summed E-state index contributed by atoms with van der Waals surface area (Å²) in [5.41, 5.74) is 3.06. The van der Waals surface area contributed by atoms with Gasteiger partial charge < -0.3 is 9.88 Å². The van der Waals surface area contributed by atoms with Gasteiger partial charge in [-0.05, 0) is 30.7 Å². The number of rotatable bonds is 2. The third-order valence-electron chi connectivity index (χ3n) is 3.29. The smallest absolute Gasteiger partial charge is 0.208 e. The molecule has 0 spiro atoms. The number of para-hydroxylation sites is 1. The van der Waals surface area contributed by atoms with Crippen LogP contribution in [-0.2, 0) is 7.05 Å². The molecule has 3 nitrogen and oxygen atoms in total. The second-order valence-electron chi connectivity index (χ2n) is 4.69. The van der Waals surface area contributed by atoms with Crippen LogP contribution in [0.3, 0.4) is 0 Å². The topological polar surface area (TPSA) is 29.9 Å². The van der Waals surface area contributed by atoms with Gasteiger partial charge >= 0.3 is 0 Å². The molecule has 0 bridgehead atoms. The minimum Gasteiger partial charge on any atom is -0.323 e. The van der Waals surface area contributed by atoms with Gasteiger partial charge in [0.2, 0.25) is 5.95 Å². The molecule has 0 fully saturated rings. The monoisotopic (exact) mass is 273 g/mol. The minimum absolute atomic E-state index is 0.197. The average Bonchev–Trinajstić information content (AvgIpc) is 2.72. The molecule has 1 heterocycles. The Bertz CT molecular complexity index is 793. The number of fused-ring (bicyclic) bond motifs is 1. The van der Waals surface area contributed by atoms with Gasteiger partial charge in [-0.2, -0.15) is 0 Å². The lowest BCUT2D eigenvalue weighted by molar-refractivity contribution is 0.586. The van der Waals surface area contributed by atoms with E-state index in [0.717, 1.165) is 22.7 Å². The van der Waals surface area contributed by atoms with E-state index >= 15 is 0 Å². The van der Waals surface area contributed by atoms with Crippen LogP contribution in [0, 0.1) is 18.6 Å². The normalized spacial score (nSPS) is 11.0. The fourth-order valence-corrected chi connectivity index (χ4v) is 2.18. The first-order chi connectivity index (χ1) is 9.56. The van der Waals surface area contributed by atoms with E-state index in [4.69, 9.17) is 0 Å². The predicted molar refractivity (Wildman–Crippen MR) is 75.1 cm³/mol. The summed E-state index contributed by atoms with van der Waals surface area (Å²) < 4.78 is 28.4. The molecule has 0 atom stereocenters. The molecule has 0 aliphatic heterocycles. The summed E-state index contributed by atoms with van der Waals surface area (Å²) in [7, 11) is 1.85. The number of benzene rings is 2. The Hall–Kier alpha value is -2.43. The lowest BCUT2D eigenvalue weighted by Gasteiger charge is -2.07. The second-order valence-corrected chi connectivity index (χ2v) is 4.69. The van der Waals surface area contributed by atoms with Crippen molar-refractivity contribution >= 4 is 22.7 Å². The van der Waals surface area contributed by atoms with E-state index in [2.05, 4.69) is 10.3 Å². The lowest BCUT2D eigenvalue weighted by Crippen LogP contribution is -2.01. The summed E-state index contributed by atoms with van der Waals surface area (Å²) in [6, 6.07) is 9.27. The molecule has 0 amide bonds. The molecule has 0 unspecified atom stereocenters. The van der Waals surface area contributed by atoms with E-state index in [1.54, 1.807) is 0 Å². The Morgan fingerprint density at radius 1 is 1.15 bits per heavy atom. The van der Waals surface area contributed by atoms with Crippen molar-refractivity contribution in [2.24, 2.45) is 7.05 Å². The molecular formula is C15H13F2N3. The number of anilines is 2. The predicted octanol–water partition coefficient (Wildman–Crippen LogP) is 3.90. The summed E-state index contributed by atoms with van der Waals surface area (Å²) in [6.07, 6.45) is 0. The van der Waals surface area contributed by atoms with Gasteiger partial charge in [-0.1, -0.05) is 12.1 Å². The van der Waals surface area contributed by atoms with Crippen molar-refractivity contribution in [1.82, 2.24) is 9.55 Å². The van der Waals surface area contributed by atoms with Crippen LogP contribution in [0.5, 0.6) is 0 Å². The van der Waals surface area contributed by atoms with Crippen LogP contribution < -0.4 is 5.32 Å². The summed E-state index contributed by atoms with van der Waals surface area (Å²) >= 11 is 0. The number of hydrogen-bond donors (Lipinski definition) is 1. The standard InChI is InChI=1S/C15H13F2N3/c1-9-4-3-5-13-14(9)19-15(20(13)2)18-12-7-6-10(16)8-11(12)17/h3-8H,1-2H3,(H,18,19). The number of nitrogens with one attached hydrogen (secondary N) is 1. The SMILES string of the molecule is Cc1cccc2c1nc(Nc1ccc(F)cc1F)n2C. The van der Waals surface area contributed by atoms with Crippen LogP contribution in [0.15, 0.2) is 36.4 Å². The number of imidazole rings is 1. The molecule has 0 aliphatic carbocycles. The molecule has 5 heteroatoms. The van der Waals surface area contributed by atoms with Crippen molar-refractivity contribution in [3.05, 3.63) is 53.6 Å². The van der Waals surface area contributed by atoms with Crippen LogP contribution in [0.1, 0.15) is 5.56 Å². The van der Waals surface area contributed by atoms with E-state index in [1.807, 2.05) is 36.7 Å². The second kappa shape index (κ2) is 4.59. The zero-order valence-electron chi connectivity index (χ0n) is 11.1. The van der Waals surface area contributed by atoms with Crippen LogP contribution >= 0.6 is 0 Å². The van der Waals surface area contributed by atoms with E-state index in [0.29, 0.717) is 5.95 Å². The van der Waals surface area contributed by atoms with Crippen molar-refractivity contribution in [3.63, 3.8) is 0 Å². The van der Waals surface area contributed by atoms with Crippen molar-refractivity contribution in [3.8, 4) is 0 Å². The molecule has 1 N–H and O–H groups in total. The summed E-state index contributed by atoms with van der Waals surface area (Å²) in [5, 5.41) is 2.89. The molecule has 1 aromatic heterocycles. The van der Waals surface area contributed by atoms with Gasteiger partial charge in [-0.15, -0.1) is 0 Å². The Balaban J connectivity index is 2.07. The van der Waals surface area contributed by atoms with Crippen LogP contribution in [0.2, 0.25) is 0 Å². The van der Waals surface area contributed by atoms with Crippen molar-refractivity contribution < 1.29 is 8.78 Å². The quantitative estimate of drug-likeness (QED) is 0.767. The zero-order valence-corrected chi connectivity index (χ0v) is 11.1. The number of aryl methyl sites for hydroxylation is 2. The Morgan fingerprint density at radius 2 is 1.95 bits per heavy atom. The fraction of sp³-hybridized carbons (Fsp3) is 0.133. The van der Waals surface area contributed by atoms with E-state index in [9.17, 15) is 8.78 Å². The first-order valence-electron chi connectivity index (χ1n) is 6.20. The lowest BCUT2D eigenvalue weighted by atomic mass is 10.2. The highest BCUT2D eigenvalue weighted by atomic mass is 19.1. The third kappa shape index (κ3) is 2.01. The molecule has 3 aromatic rings. The van der Waals surface area contributed by atoms with Crippen molar-refractivity contribution in [2.75, 3.05) is 5.32 Å². The van der Waals surface area contributed by atoms with Crippen LogP contribution in [0.25, 0.3) is 11.0 Å². The van der Waals surface area contributed by atoms with Crippen molar-refractivity contribution in [1.29, 1.82) is 0 Å². The van der Waals surface area contributed by atoms with Gasteiger partial charge in [0.1, 0.15) is 11.6 Å². The van der Waals surface area contributed by atoms with Gasteiger partial charge in [-0.25, -0.2) is 13.8 Å². The molecule has 3 rings (SSSR count). The van der Waals surface area contributed by atoms with Gasteiger partial charge in [-0.3, -0.25) is 0 Å². The van der Waals surface area contributed by atoms with Crippen molar-refractivity contribution in [2.45, 2.75) is 6.92 Å². The molecule has 0 saturated carbocycles. The number of hydrogen-bond acceptors (Lipinski definition) is 2. The highest BCUT2D eigenvalue weighted by Gasteiger charge is 2.11. The van der Waals surface area contributed by atoms with Gasteiger partial charge in [0, 0.05) is 13.1 Å².